The molecule has 0 bridgehead atoms. The fraction of sp³-hybridized carbons (Fsp3) is 0.533. The van der Waals surface area contributed by atoms with Crippen LogP contribution in [-0.4, -0.2) is 44.8 Å². The predicted octanol–water partition coefficient (Wildman–Crippen LogP) is 1.18. The van der Waals surface area contributed by atoms with E-state index in [-0.39, 0.29) is 5.69 Å². The Morgan fingerprint density at radius 1 is 1.35 bits per heavy atom. The predicted molar refractivity (Wildman–Crippen MR) is 78.9 cm³/mol. The number of H-pyrrole nitrogens is 1. The summed E-state index contributed by atoms with van der Waals surface area (Å²) in [5, 5.41) is 9.93. The molecular formula is C15H21N3O2. The van der Waals surface area contributed by atoms with Gasteiger partial charge < -0.3 is 15.0 Å². The van der Waals surface area contributed by atoms with Gasteiger partial charge in [0.15, 0.2) is 0 Å². The lowest BCUT2D eigenvalue weighted by Crippen LogP contribution is -2.31. The Kier molecular flexibility index (Phi) is 3.40. The van der Waals surface area contributed by atoms with Gasteiger partial charge in [-0.1, -0.05) is 12.1 Å². The van der Waals surface area contributed by atoms with Crippen LogP contribution in [0.3, 0.4) is 0 Å². The van der Waals surface area contributed by atoms with Crippen molar-refractivity contribution in [3.63, 3.8) is 0 Å². The van der Waals surface area contributed by atoms with E-state index in [0.29, 0.717) is 6.54 Å². The molecule has 5 nitrogen and oxygen atoms in total. The topological polar surface area (TPSA) is 61.3 Å². The van der Waals surface area contributed by atoms with Crippen LogP contribution in [0.5, 0.6) is 0 Å². The highest BCUT2D eigenvalue weighted by atomic mass is 16.3. The van der Waals surface area contributed by atoms with E-state index in [2.05, 4.69) is 9.88 Å². The van der Waals surface area contributed by atoms with Gasteiger partial charge in [-0.15, -0.1) is 0 Å². The van der Waals surface area contributed by atoms with Gasteiger partial charge in [-0.2, -0.15) is 0 Å². The van der Waals surface area contributed by atoms with Crippen LogP contribution in [0.4, 0.5) is 0 Å². The highest BCUT2D eigenvalue weighted by Gasteiger charge is 2.30. The second kappa shape index (κ2) is 5.07. The Labute approximate surface area is 117 Å². The van der Waals surface area contributed by atoms with Crippen molar-refractivity contribution in [3.8, 4) is 0 Å². The van der Waals surface area contributed by atoms with Gasteiger partial charge in [0.2, 0.25) is 0 Å². The number of β-amino-alcohol motifs (C(OH)–C–C–N with tert-alkyl or cyclic N) is 1. The maximum Gasteiger partial charge on any atom is 0.326 e. The van der Waals surface area contributed by atoms with E-state index >= 15 is 0 Å². The Morgan fingerprint density at radius 3 is 2.90 bits per heavy atom. The molecule has 0 aliphatic carbocycles. The van der Waals surface area contributed by atoms with Crippen molar-refractivity contribution in [1.82, 2.24) is 14.5 Å². The second-order valence-corrected chi connectivity index (χ2v) is 5.98. The zero-order chi connectivity index (χ0) is 14.2. The monoisotopic (exact) mass is 275 g/mol. The minimum Gasteiger partial charge on any atom is -0.389 e. The summed E-state index contributed by atoms with van der Waals surface area (Å²) < 4.78 is 1.80. The average molecular weight is 275 g/mol. The number of imidazole rings is 1. The first-order chi connectivity index (χ1) is 9.55. The Balaban J connectivity index is 1.63. The minimum absolute atomic E-state index is 0.0420. The molecular weight excluding hydrogens is 254 g/mol. The number of benzene rings is 1. The third-order valence-corrected chi connectivity index (χ3v) is 4.07. The molecule has 1 fully saturated rings. The number of likely N-dealkylation sites (tertiary alicyclic amines) is 1. The molecule has 0 amide bonds. The molecule has 1 aromatic heterocycles. The normalized spacial score (nSPS) is 23.7. The standard InChI is InChI=1S/C15H21N3O2/c1-15(20)7-10-17(11-15)8-4-9-18-13-6-3-2-5-12(13)16-14(18)19/h2-3,5-6,20H,4,7-11H2,1H3,(H,16,19). The second-order valence-electron chi connectivity index (χ2n) is 5.98. The number of hydrogen-bond acceptors (Lipinski definition) is 3. The van der Waals surface area contributed by atoms with E-state index in [9.17, 15) is 9.90 Å². The number of aryl methyl sites for hydroxylation is 1. The van der Waals surface area contributed by atoms with Gasteiger partial charge in [0.1, 0.15) is 0 Å². The maximum atomic E-state index is 11.9. The van der Waals surface area contributed by atoms with Gasteiger partial charge in [0.25, 0.3) is 0 Å². The molecule has 1 saturated heterocycles. The van der Waals surface area contributed by atoms with Crippen LogP contribution in [0.15, 0.2) is 29.1 Å². The average Bonchev–Trinajstić information content (AvgIpc) is 2.90. The van der Waals surface area contributed by atoms with Crippen molar-refractivity contribution in [2.75, 3.05) is 19.6 Å². The summed E-state index contributed by atoms with van der Waals surface area (Å²) in [6.07, 6.45) is 1.75. The van der Waals surface area contributed by atoms with Crippen molar-refractivity contribution in [2.24, 2.45) is 0 Å². The van der Waals surface area contributed by atoms with Crippen LogP contribution in [0.25, 0.3) is 11.0 Å². The first kappa shape index (κ1) is 13.4. The molecule has 20 heavy (non-hydrogen) atoms. The van der Waals surface area contributed by atoms with E-state index in [0.717, 1.165) is 43.5 Å². The smallest absolute Gasteiger partial charge is 0.326 e. The number of aromatic amines is 1. The van der Waals surface area contributed by atoms with Crippen molar-refractivity contribution >= 4 is 11.0 Å². The highest BCUT2D eigenvalue weighted by Crippen LogP contribution is 2.20. The number of aliphatic hydroxyl groups is 1. The van der Waals surface area contributed by atoms with Crippen LogP contribution >= 0.6 is 0 Å². The maximum absolute atomic E-state index is 11.9. The number of para-hydroxylation sites is 2. The zero-order valence-corrected chi connectivity index (χ0v) is 11.8. The molecule has 5 heteroatoms. The number of nitrogens with one attached hydrogen (secondary N) is 1. The third kappa shape index (κ3) is 2.64. The molecule has 0 radical (unpaired) electrons. The number of fused-ring (bicyclic) bond motifs is 1. The van der Waals surface area contributed by atoms with E-state index < -0.39 is 5.60 Å². The van der Waals surface area contributed by atoms with E-state index in [1.165, 1.54) is 0 Å². The molecule has 1 atom stereocenters. The summed E-state index contributed by atoms with van der Waals surface area (Å²) in [6, 6.07) is 7.76. The van der Waals surface area contributed by atoms with E-state index in [1.807, 2.05) is 31.2 Å². The van der Waals surface area contributed by atoms with Gasteiger partial charge >= 0.3 is 5.69 Å². The van der Waals surface area contributed by atoms with E-state index in [4.69, 9.17) is 0 Å². The molecule has 2 heterocycles. The van der Waals surface area contributed by atoms with Crippen LogP contribution in [0.1, 0.15) is 19.8 Å². The number of rotatable bonds is 4. The van der Waals surface area contributed by atoms with Crippen molar-refractivity contribution in [3.05, 3.63) is 34.7 Å². The largest absolute Gasteiger partial charge is 0.389 e. The summed E-state index contributed by atoms with van der Waals surface area (Å²) in [5.74, 6) is 0. The molecule has 2 N–H and O–H groups in total. The quantitative estimate of drug-likeness (QED) is 0.880. The van der Waals surface area contributed by atoms with Crippen LogP contribution in [-0.2, 0) is 6.54 Å². The molecule has 2 aromatic rings. The minimum atomic E-state index is -0.544. The zero-order valence-electron chi connectivity index (χ0n) is 11.8. The molecule has 3 rings (SSSR count). The molecule has 1 unspecified atom stereocenters. The Morgan fingerprint density at radius 2 is 2.15 bits per heavy atom. The van der Waals surface area contributed by atoms with Crippen LogP contribution < -0.4 is 5.69 Å². The Bertz CT molecular complexity index is 656. The number of nitrogens with zero attached hydrogens (tertiary/aromatic N) is 2. The molecule has 0 saturated carbocycles. The lowest BCUT2D eigenvalue weighted by molar-refractivity contribution is 0.0685. The molecule has 1 aromatic carbocycles. The summed E-state index contributed by atoms with van der Waals surface area (Å²) in [7, 11) is 0. The fourth-order valence-electron chi connectivity index (χ4n) is 3.01. The van der Waals surface area contributed by atoms with Crippen molar-refractivity contribution in [1.29, 1.82) is 0 Å². The fourth-order valence-corrected chi connectivity index (χ4v) is 3.01. The lowest BCUT2D eigenvalue weighted by atomic mass is 10.1. The van der Waals surface area contributed by atoms with Crippen molar-refractivity contribution < 1.29 is 5.11 Å². The van der Waals surface area contributed by atoms with Crippen LogP contribution in [0, 0.1) is 0 Å². The van der Waals surface area contributed by atoms with Crippen LogP contribution in [0.2, 0.25) is 0 Å². The lowest BCUT2D eigenvalue weighted by Gasteiger charge is -2.18. The molecule has 1 aliphatic rings. The summed E-state index contributed by atoms with van der Waals surface area (Å²) in [5.41, 5.74) is 1.27. The number of hydrogen-bond donors (Lipinski definition) is 2. The molecule has 1 aliphatic heterocycles. The van der Waals surface area contributed by atoms with E-state index in [1.54, 1.807) is 4.57 Å². The van der Waals surface area contributed by atoms with Crippen molar-refractivity contribution in [2.45, 2.75) is 31.9 Å². The van der Waals surface area contributed by atoms with Gasteiger partial charge in [0, 0.05) is 19.6 Å². The first-order valence-corrected chi connectivity index (χ1v) is 7.17. The SMILES string of the molecule is CC1(O)CCN(CCCn2c(=O)[nH]c3ccccc32)C1. The molecule has 0 spiro atoms. The summed E-state index contributed by atoms with van der Waals surface area (Å²) in [4.78, 5) is 17.1. The first-order valence-electron chi connectivity index (χ1n) is 7.17. The third-order valence-electron chi connectivity index (χ3n) is 4.07. The summed E-state index contributed by atoms with van der Waals surface area (Å²) >= 11 is 0. The number of aromatic nitrogens is 2. The van der Waals surface area contributed by atoms with Gasteiger partial charge in [-0.25, -0.2) is 4.79 Å². The Hall–Kier alpha value is -1.59. The highest BCUT2D eigenvalue weighted by molar-refractivity contribution is 5.74. The molecule has 108 valence electrons. The summed E-state index contributed by atoms with van der Waals surface area (Å²) in [6.45, 7) is 5.19. The van der Waals surface area contributed by atoms with Gasteiger partial charge in [-0.05, 0) is 38.4 Å². The van der Waals surface area contributed by atoms with Gasteiger partial charge in [0.05, 0.1) is 16.6 Å². The van der Waals surface area contributed by atoms with Gasteiger partial charge in [-0.3, -0.25) is 4.57 Å².